The molecule has 4 atom stereocenters. The van der Waals surface area contributed by atoms with E-state index >= 15 is 0 Å². The lowest BCUT2D eigenvalue weighted by atomic mass is 9.92. The van der Waals surface area contributed by atoms with E-state index in [9.17, 15) is 9.59 Å². The maximum absolute atomic E-state index is 13.7. The molecule has 2 aliphatic carbocycles. The summed E-state index contributed by atoms with van der Waals surface area (Å²) in [5, 5.41) is 1.48. The number of hydrogen-bond acceptors (Lipinski definition) is 6. The van der Waals surface area contributed by atoms with E-state index in [4.69, 9.17) is 23.2 Å². The molecule has 2 saturated heterocycles. The van der Waals surface area contributed by atoms with Crippen LogP contribution in [0.3, 0.4) is 0 Å². The highest BCUT2D eigenvalue weighted by molar-refractivity contribution is 6.30. The normalized spacial score (nSPS) is 26.6. The van der Waals surface area contributed by atoms with Crippen LogP contribution in [-0.2, 0) is 20.4 Å². The number of nitrogens with zero attached hydrogens (tertiary/aromatic N) is 6. The van der Waals surface area contributed by atoms with Gasteiger partial charge in [-0.05, 0) is 99.2 Å². The number of carbonyl (C=O) groups is 2. The van der Waals surface area contributed by atoms with Gasteiger partial charge in [-0.25, -0.2) is 0 Å². The summed E-state index contributed by atoms with van der Waals surface area (Å²) in [4.78, 5) is 41.5. The maximum Gasteiger partial charge on any atom is 0.238 e. The highest BCUT2D eigenvalue weighted by Gasteiger charge is 2.68. The monoisotopic (exact) mass is 846 g/mol. The summed E-state index contributed by atoms with van der Waals surface area (Å²) in [6, 6.07) is 34.1. The van der Waals surface area contributed by atoms with Crippen LogP contribution in [0.2, 0.25) is 10.0 Å². The first-order valence-electron chi connectivity index (χ1n) is 22.3. The van der Waals surface area contributed by atoms with Gasteiger partial charge in [0.2, 0.25) is 11.8 Å². The molecule has 10 heteroatoms. The molecule has 0 unspecified atom stereocenters. The van der Waals surface area contributed by atoms with Crippen molar-refractivity contribution in [2.45, 2.75) is 75.3 Å². The van der Waals surface area contributed by atoms with Gasteiger partial charge in [0.15, 0.2) is 0 Å². The number of benzene rings is 4. The van der Waals surface area contributed by atoms with Crippen LogP contribution in [0.4, 0.5) is 11.4 Å². The standard InChI is InChI=1S/2C25H30ClN3O/c2*1-18(2)28-14-11-27(12-15-28)13-16-29-23-6-4-3-5-21(23)25(24(29)30)17-22(25)19-7-9-20(26)10-8-19/h2*3-10,18,22H,11-17H2,1-2H3/t2*22-,25-/m10/s1. The number of hydrogen-bond donors (Lipinski definition) is 0. The fourth-order valence-corrected chi connectivity index (χ4v) is 11.1. The smallest absolute Gasteiger partial charge is 0.238 e. The van der Waals surface area contributed by atoms with E-state index in [1.54, 1.807) is 0 Å². The molecular weight excluding hydrogens is 787 g/mol. The molecule has 4 aliphatic heterocycles. The number of para-hydroxylation sites is 2. The predicted molar refractivity (Wildman–Crippen MR) is 245 cm³/mol. The lowest BCUT2D eigenvalue weighted by Gasteiger charge is -2.37. The Morgan fingerprint density at radius 1 is 0.500 bits per heavy atom. The molecule has 4 aromatic rings. The van der Waals surface area contributed by atoms with Crippen molar-refractivity contribution in [2.24, 2.45) is 0 Å². The van der Waals surface area contributed by atoms with Crippen molar-refractivity contribution in [3.05, 3.63) is 129 Å². The average molecular weight is 848 g/mol. The van der Waals surface area contributed by atoms with Gasteiger partial charge in [0, 0.05) is 124 Å². The van der Waals surface area contributed by atoms with Crippen LogP contribution in [0, 0.1) is 0 Å². The number of rotatable bonds is 10. The number of fused-ring (bicyclic) bond motifs is 4. The maximum atomic E-state index is 13.7. The van der Waals surface area contributed by atoms with Gasteiger partial charge >= 0.3 is 0 Å². The van der Waals surface area contributed by atoms with Crippen molar-refractivity contribution in [3.8, 4) is 0 Å². The van der Waals surface area contributed by atoms with Crippen molar-refractivity contribution in [1.29, 1.82) is 0 Å². The quantitative estimate of drug-likeness (QED) is 0.160. The van der Waals surface area contributed by atoms with Gasteiger partial charge in [-0.3, -0.25) is 29.2 Å². The van der Waals surface area contributed by atoms with E-state index in [2.05, 4.69) is 130 Å². The van der Waals surface area contributed by atoms with Gasteiger partial charge in [0.1, 0.15) is 0 Å². The molecule has 4 aromatic carbocycles. The average Bonchev–Trinajstić information content (AvgIpc) is 4.17. The van der Waals surface area contributed by atoms with Crippen LogP contribution >= 0.6 is 23.2 Å². The highest BCUT2D eigenvalue weighted by Crippen LogP contribution is 2.67. The van der Waals surface area contributed by atoms with E-state index in [1.807, 2.05) is 24.3 Å². The second kappa shape index (κ2) is 16.8. The van der Waals surface area contributed by atoms with E-state index in [-0.39, 0.29) is 34.5 Å². The molecule has 4 heterocycles. The first-order valence-corrected chi connectivity index (χ1v) is 23.0. The zero-order valence-corrected chi connectivity index (χ0v) is 37.2. The molecule has 0 N–H and O–H groups in total. The van der Waals surface area contributed by atoms with Gasteiger partial charge in [-0.2, -0.15) is 0 Å². The molecular formula is C50H60Cl2N6O2. The minimum absolute atomic E-state index is 0.253. The van der Waals surface area contributed by atoms with Crippen LogP contribution in [0.5, 0.6) is 0 Å². The van der Waals surface area contributed by atoms with E-state index in [0.29, 0.717) is 12.1 Å². The first kappa shape index (κ1) is 41.6. The Morgan fingerprint density at radius 2 is 0.850 bits per heavy atom. The number of amides is 2. The second-order valence-electron chi connectivity index (χ2n) is 18.4. The summed E-state index contributed by atoms with van der Waals surface area (Å²) in [7, 11) is 0. The first-order chi connectivity index (χ1) is 29.0. The Kier molecular flexibility index (Phi) is 11.7. The molecule has 2 saturated carbocycles. The highest BCUT2D eigenvalue weighted by atomic mass is 35.5. The van der Waals surface area contributed by atoms with Crippen LogP contribution in [-0.4, -0.2) is 122 Å². The summed E-state index contributed by atoms with van der Waals surface area (Å²) < 4.78 is 0. The van der Waals surface area contributed by atoms with Crippen molar-refractivity contribution in [2.75, 3.05) is 88.3 Å². The minimum atomic E-state index is -0.374. The third-order valence-corrected chi connectivity index (χ3v) is 15.1. The molecule has 0 radical (unpaired) electrons. The lowest BCUT2D eigenvalue weighted by Crippen LogP contribution is -2.50. The number of halogens is 2. The van der Waals surface area contributed by atoms with Crippen LogP contribution < -0.4 is 9.80 Å². The molecule has 4 fully saturated rings. The Balaban J connectivity index is 0.000000154. The van der Waals surface area contributed by atoms with Crippen molar-refractivity contribution >= 4 is 46.4 Å². The predicted octanol–water partition coefficient (Wildman–Crippen LogP) is 8.28. The van der Waals surface area contributed by atoms with Crippen LogP contribution in [0.25, 0.3) is 0 Å². The zero-order chi connectivity index (χ0) is 41.8. The lowest BCUT2D eigenvalue weighted by molar-refractivity contribution is -0.121. The van der Waals surface area contributed by atoms with Crippen molar-refractivity contribution < 1.29 is 9.59 Å². The summed E-state index contributed by atoms with van der Waals surface area (Å²) in [6.07, 6.45) is 1.79. The van der Waals surface area contributed by atoms with Crippen molar-refractivity contribution in [1.82, 2.24) is 19.6 Å². The third kappa shape index (κ3) is 7.60. The summed E-state index contributed by atoms with van der Waals surface area (Å²) in [5.41, 5.74) is 6.32. The van der Waals surface area contributed by atoms with E-state index in [0.717, 1.165) is 113 Å². The molecule has 0 aromatic heterocycles. The van der Waals surface area contributed by atoms with Gasteiger partial charge in [0.05, 0.1) is 10.8 Å². The zero-order valence-electron chi connectivity index (χ0n) is 35.7. The number of anilines is 2. The molecule has 8 nitrogen and oxygen atoms in total. The summed E-state index contributed by atoms with van der Waals surface area (Å²) in [5.74, 6) is 1.07. The Bertz CT molecular complexity index is 2030. The molecule has 10 rings (SSSR count). The molecule has 60 heavy (non-hydrogen) atoms. The van der Waals surface area contributed by atoms with Crippen molar-refractivity contribution in [3.63, 3.8) is 0 Å². The largest absolute Gasteiger partial charge is 0.310 e. The Hall–Kier alpha value is -3.76. The molecule has 316 valence electrons. The molecule has 2 spiro atoms. The molecule has 6 aliphatic rings. The minimum Gasteiger partial charge on any atom is -0.310 e. The van der Waals surface area contributed by atoms with E-state index in [1.165, 1.54) is 22.3 Å². The summed E-state index contributed by atoms with van der Waals surface area (Å²) in [6.45, 7) is 21.3. The Labute approximate surface area is 367 Å². The van der Waals surface area contributed by atoms with E-state index < -0.39 is 0 Å². The topological polar surface area (TPSA) is 53.6 Å². The number of carbonyl (C=O) groups excluding carboxylic acids is 2. The van der Waals surface area contributed by atoms with Gasteiger partial charge in [-0.1, -0.05) is 83.9 Å². The molecule has 0 bridgehead atoms. The number of piperazine rings is 2. The van der Waals surface area contributed by atoms with Gasteiger partial charge < -0.3 is 9.80 Å². The third-order valence-electron chi connectivity index (χ3n) is 14.6. The second-order valence-corrected chi connectivity index (χ2v) is 19.3. The fourth-order valence-electron chi connectivity index (χ4n) is 10.8. The fraction of sp³-hybridized carbons (Fsp3) is 0.480. The van der Waals surface area contributed by atoms with Gasteiger partial charge in [-0.15, -0.1) is 0 Å². The summed E-state index contributed by atoms with van der Waals surface area (Å²) >= 11 is 12.2. The van der Waals surface area contributed by atoms with Crippen LogP contribution in [0.1, 0.15) is 74.6 Å². The van der Waals surface area contributed by atoms with Gasteiger partial charge in [0.25, 0.3) is 0 Å². The van der Waals surface area contributed by atoms with Crippen LogP contribution in [0.15, 0.2) is 97.1 Å². The SMILES string of the molecule is CC(C)N1CCN(CCN2C(=O)[C@@]3(C[C@H]3c3ccc(Cl)cc3)c3ccccc32)CC1.CC(C)N1CCN(CCN2C(=O)[C@]3(C[C@@H]3c3ccc(Cl)cc3)c3ccccc32)CC1. The Morgan fingerprint density at radius 3 is 1.20 bits per heavy atom. The molecule has 2 amide bonds.